The maximum absolute atomic E-state index is 11.6. The molecule has 0 amide bonds. The molecule has 4 nitrogen and oxygen atoms in total. The Balaban J connectivity index is 2.13. The van der Waals surface area contributed by atoms with E-state index in [-0.39, 0.29) is 11.8 Å². The molecule has 1 fully saturated rings. The van der Waals surface area contributed by atoms with Gasteiger partial charge in [0.25, 0.3) is 0 Å². The van der Waals surface area contributed by atoms with Gasteiger partial charge in [0, 0.05) is 12.3 Å². The van der Waals surface area contributed by atoms with E-state index in [0.717, 1.165) is 37.1 Å². The highest BCUT2D eigenvalue weighted by Gasteiger charge is 2.24. The summed E-state index contributed by atoms with van der Waals surface area (Å²) >= 11 is 0. The van der Waals surface area contributed by atoms with Crippen LogP contribution in [0.25, 0.3) is 0 Å². The zero-order valence-electron chi connectivity index (χ0n) is 12.1. The van der Waals surface area contributed by atoms with Crippen molar-refractivity contribution in [2.45, 2.75) is 38.3 Å². The summed E-state index contributed by atoms with van der Waals surface area (Å²) in [5.74, 6) is 0.946. The van der Waals surface area contributed by atoms with Gasteiger partial charge in [0.15, 0.2) is 0 Å². The third-order valence-corrected chi connectivity index (χ3v) is 4.14. The molecule has 0 radical (unpaired) electrons. The normalized spacial score (nSPS) is 16.9. The maximum atomic E-state index is 11.6. The summed E-state index contributed by atoms with van der Waals surface area (Å²) < 4.78 is 28.9. The fourth-order valence-corrected chi connectivity index (χ4v) is 2.99. The Kier molecular flexibility index (Phi) is 5.05. The molecule has 0 bridgehead atoms. The summed E-state index contributed by atoms with van der Waals surface area (Å²) in [6, 6.07) is 7.59. The Hall–Kier alpha value is -1.07. The van der Waals surface area contributed by atoms with Crippen molar-refractivity contribution in [2.75, 3.05) is 18.6 Å². The van der Waals surface area contributed by atoms with Gasteiger partial charge in [-0.3, -0.25) is 0 Å². The number of sulfone groups is 1. The van der Waals surface area contributed by atoms with Gasteiger partial charge in [-0.2, -0.15) is 0 Å². The van der Waals surface area contributed by atoms with Crippen molar-refractivity contribution in [1.82, 2.24) is 5.32 Å². The molecule has 1 N–H and O–H groups in total. The SMILES string of the molecule is CCCNC(CS(C)(=O)=O)c1cccc(OC2CC2)c1. The van der Waals surface area contributed by atoms with E-state index in [0.29, 0.717) is 6.10 Å². The van der Waals surface area contributed by atoms with Gasteiger partial charge in [-0.25, -0.2) is 8.42 Å². The molecule has 5 heteroatoms. The summed E-state index contributed by atoms with van der Waals surface area (Å²) in [6.07, 6.45) is 4.83. The molecule has 1 aromatic rings. The van der Waals surface area contributed by atoms with Gasteiger partial charge in [-0.05, 0) is 43.5 Å². The first-order valence-electron chi connectivity index (χ1n) is 7.15. The van der Waals surface area contributed by atoms with Crippen LogP contribution in [0.4, 0.5) is 0 Å². The van der Waals surface area contributed by atoms with E-state index in [9.17, 15) is 8.42 Å². The number of hydrogen-bond donors (Lipinski definition) is 1. The molecule has 1 aliphatic carbocycles. The third-order valence-electron chi connectivity index (χ3n) is 3.20. The molecule has 2 rings (SSSR count). The number of nitrogens with one attached hydrogen (secondary N) is 1. The van der Waals surface area contributed by atoms with Crippen LogP contribution in [0.1, 0.15) is 37.8 Å². The van der Waals surface area contributed by atoms with E-state index in [1.165, 1.54) is 6.26 Å². The first-order valence-corrected chi connectivity index (χ1v) is 9.21. The van der Waals surface area contributed by atoms with Crippen molar-refractivity contribution < 1.29 is 13.2 Å². The van der Waals surface area contributed by atoms with Gasteiger partial charge in [-0.1, -0.05) is 19.1 Å². The predicted molar refractivity (Wildman–Crippen MR) is 80.8 cm³/mol. The van der Waals surface area contributed by atoms with Crippen LogP contribution in [0.3, 0.4) is 0 Å². The Morgan fingerprint density at radius 3 is 2.75 bits per heavy atom. The third kappa shape index (κ3) is 5.13. The second-order valence-corrected chi connectivity index (χ2v) is 7.67. The van der Waals surface area contributed by atoms with Crippen molar-refractivity contribution >= 4 is 9.84 Å². The molecule has 20 heavy (non-hydrogen) atoms. The molecule has 0 heterocycles. The van der Waals surface area contributed by atoms with Crippen molar-refractivity contribution in [3.05, 3.63) is 29.8 Å². The lowest BCUT2D eigenvalue weighted by molar-refractivity contribution is 0.302. The number of ether oxygens (including phenoxy) is 1. The summed E-state index contributed by atoms with van der Waals surface area (Å²) in [4.78, 5) is 0. The Morgan fingerprint density at radius 1 is 1.40 bits per heavy atom. The second-order valence-electron chi connectivity index (χ2n) is 5.49. The summed E-state index contributed by atoms with van der Waals surface area (Å²) in [5, 5.41) is 3.30. The number of rotatable bonds is 8. The van der Waals surface area contributed by atoms with Crippen LogP contribution in [0.5, 0.6) is 5.75 Å². The van der Waals surface area contributed by atoms with E-state index in [4.69, 9.17) is 4.74 Å². The lowest BCUT2D eigenvalue weighted by Gasteiger charge is -2.19. The molecule has 112 valence electrons. The van der Waals surface area contributed by atoms with Gasteiger partial charge in [0.2, 0.25) is 0 Å². The van der Waals surface area contributed by atoms with Gasteiger partial charge in [0.1, 0.15) is 15.6 Å². The largest absolute Gasteiger partial charge is 0.490 e. The average molecular weight is 297 g/mol. The summed E-state index contributed by atoms with van der Waals surface area (Å²) in [6.45, 7) is 2.87. The lowest BCUT2D eigenvalue weighted by Crippen LogP contribution is -2.28. The van der Waals surface area contributed by atoms with E-state index < -0.39 is 9.84 Å². The van der Waals surface area contributed by atoms with E-state index in [1.807, 2.05) is 24.3 Å². The molecule has 1 aliphatic rings. The highest BCUT2D eigenvalue weighted by Crippen LogP contribution is 2.28. The van der Waals surface area contributed by atoms with Crippen LogP contribution in [-0.4, -0.2) is 33.1 Å². The fourth-order valence-electron chi connectivity index (χ4n) is 2.08. The zero-order chi connectivity index (χ0) is 14.6. The second kappa shape index (κ2) is 6.59. The van der Waals surface area contributed by atoms with Gasteiger partial charge >= 0.3 is 0 Å². The van der Waals surface area contributed by atoms with Gasteiger partial charge in [-0.15, -0.1) is 0 Å². The van der Waals surface area contributed by atoms with Crippen molar-refractivity contribution in [2.24, 2.45) is 0 Å². The molecule has 0 aliphatic heterocycles. The standard InChI is InChI=1S/C15H23NO3S/c1-3-9-16-15(11-20(2,17)18)12-5-4-6-14(10-12)19-13-7-8-13/h4-6,10,13,15-16H,3,7-9,11H2,1-2H3. The van der Waals surface area contributed by atoms with Crippen LogP contribution in [0.15, 0.2) is 24.3 Å². The zero-order valence-corrected chi connectivity index (χ0v) is 12.9. The summed E-state index contributed by atoms with van der Waals surface area (Å²) in [7, 11) is -3.03. The molecular formula is C15H23NO3S. The van der Waals surface area contributed by atoms with Crippen molar-refractivity contribution in [3.63, 3.8) is 0 Å². The van der Waals surface area contributed by atoms with Gasteiger partial charge < -0.3 is 10.1 Å². The van der Waals surface area contributed by atoms with Gasteiger partial charge in [0.05, 0.1) is 11.9 Å². The Morgan fingerprint density at radius 2 is 2.15 bits per heavy atom. The number of benzene rings is 1. The first-order chi connectivity index (χ1) is 9.48. The molecule has 1 saturated carbocycles. The topological polar surface area (TPSA) is 55.4 Å². The van der Waals surface area contributed by atoms with Crippen LogP contribution < -0.4 is 10.1 Å². The van der Waals surface area contributed by atoms with E-state index in [1.54, 1.807) is 0 Å². The van der Waals surface area contributed by atoms with Crippen molar-refractivity contribution in [3.8, 4) is 5.75 Å². The van der Waals surface area contributed by atoms with E-state index >= 15 is 0 Å². The highest BCUT2D eigenvalue weighted by molar-refractivity contribution is 7.90. The monoisotopic (exact) mass is 297 g/mol. The molecule has 1 atom stereocenters. The maximum Gasteiger partial charge on any atom is 0.149 e. The summed E-state index contributed by atoms with van der Waals surface area (Å²) in [5.41, 5.74) is 0.974. The van der Waals surface area contributed by atoms with Crippen LogP contribution >= 0.6 is 0 Å². The minimum Gasteiger partial charge on any atom is -0.490 e. The molecule has 0 aromatic heterocycles. The number of hydrogen-bond acceptors (Lipinski definition) is 4. The average Bonchev–Trinajstić information content (AvgIpc) is 3.17. The molecule has 0 saturated heterocycles. The molecule has 1 aromatic carbocycles. The highest BCUT2D eigenvalue weighted by atomic mass is 32.2. The Bertz CT molecular complexity index is 538. The van der Waals surface area contributed by atoms with E-state index in [2.05, 4.69) is 12.2 Å². The quantitative estimate of drug-likeness (QED) is 0.800. The lowest BCUT2D eigenvalue weighted by atomic mass is 10.1. The Labute approximate surface area is 121 Å². The minimum absolute atomic E-state index is 0.111. The van der Waals surface area contributed by atoms with Crippen LogP contribution in [0, 0.1) is 0 Å². The smallest absolute Gasteiger partial charge is 0.149 e. The van der Waals surface area contributed by atoms with Crippen LogP contribution in [-0.2, 0) is 9.84 Å². The molecule has 0 spiro atoms. The first kappa shape index (κ1) is 15.3. The molecular weight excluding hydrogens is 274 g/mol. The molecule has 1 unspecified atom stereocenters. The fraction of sp³-hybridized carbons (Fsp3) is 0.600. The van der Waals surface area contributed by atoms with Crippen LogP contribution in [0.2, 0.25) is 0 Å². The van der Waals surface area contributed by atoms with Crippen molar-refractivity contribution in [1.29, 1.82) is 0 Å². The minimum atomic E-state index is -3.03. The predicted octanol–water partition coefficient (Wildman–Crippen LogP) is 2.31.